The lowest BCUT2D eigenvalue weighted by molar-refractivity contribution is -0.0841. The zero-order valence-electron chi connectivity index (χ0n) is 42.8. The van der Waals surface area contributed by atoms with Gasteiger partial charge < -0.3 is 48.2 Å². The second kappa shape index (κ2) is 21.7. The first-order chi connectivity index (χ1) is 33.8. The Morgan fingerprint density at radius 3 is 1.27 bits per heavy atom. The van der Waals surface area contributed by atoms with E-state index < -0.39 is 93.4 Å². The zero-order valence-corrected chi connectivity index (χ0v) is 43.6. The topological polar surface area (TPSA) is 356 Å². The molecular weight excluding hydrogens is 989 g/mol. The van der Waals surface area contributed by atoms with E-state index in [1.807, 2.05) is 0 Å². The molecule has 2 aromatic heterocycles. The monoisotopic (exact) mass is 1050 g/mol. The van der Waals surface area contributed by atoms with Gasteiger partial charge in [0.15, 0.2) is 0 Å². The van der Waals surface area contributed by atoms with Crippen molar-refractivity contribution in [2.45, 2.75) is 168 Å². The molecule has 4 atom stereocenters. The van der Waals surface area contributed by atoms with E-state index in [1.54, 1.807) is 83.1 Å². The number of nitrogens with one attached hydrogen (secondary N) is 4. The maximum Gasteiger partial charge on any atom is 0.442 e. The van der Waals surface area contributed by atoms with E-state index in [-0.39, 0.29) is 87.3 Å². The number of hydroxylamine groups is 4. The molecule has 73 heavy (non-hydrogen) atoms. The van der Waals surface area contributed by atoms with Gasteiger partial charge in [-0.25, -0.2) is 28.8 Å². The number of amides is 8. The molecule has 0 radical (unpaired) electrons. The molecule has 0 saturated carbocycles. The number of carbonyl (C=O) groups excluding carboxylic acids is 6. The number of fused-ring (bicyclic) bond motifs is 4. The molecule has 30 nitrogen and oxygen atoms in total. The molecule has 4 saturated heterocycles. The number of aliphatic imine (C=N–C) groups is 2. The predicted molar refractivity (Wildman–Crippen MR) is 249 cm³/mol. The summed E-state index contributed by atoms with van der Waals surface area (Å²) >= 11 is 0. The third-order valence-corrected chi connectivity index (χ3v) is 10.9. The van der Waals surface area contributed by atoms with Crippen LogP contribution < -0.4 is 21.3 Å². The number of guanidine groups is 2. The van der Waals surface area contributed by atoms with E-state index in [9.17, 15) is 37.2 Å². The van der Waals surface area contributed by atoms with Crippen molar-refractivity contribution in [2.75, 3.05) is 26.2 Å². The Kier molecular flexibility index (Phi) is 16.5. The van der Waals surface area contributed by atoms with Crippen LogP contribution >= 0.6 is 0 Å². The number of nitrogens with zero attached hydrogens (tertiary/aromatic N) is 10. The Hall–Kier alpha value is -6.89. The van der Waals surface area contributed by atoms with Crippen LogP contribution in [0.15, 0.2) is 18.8 Å². The molecule has 4 fully saturated rings. The fraction of sp³-hybridized carbons (Fsp3) is 0.714. The maximum atomic E-state index is 13.7. The number of piperidine rings is 2. The second-order valence-electron chi connectivity index (χ2n) is 21.1. The molecule has 2 aromatic rings. The molecule has 4 N–H and O–H groups in total. The smallest absolute Gasteiger partial charge is 0.442 e. The van der Waals surface area contributed by atoms with Gasteiger partial charge in [-0.15, -0.1) is 38.9 Å². The predicted octanol–water partition coefficient (Wildman–Crippen LogP) is 4.04. The molecule has 4 aliphatic heterocycles. The van der Waals surface area contributed by atoms with Gasteiger partial charge >= 0.3 is 46.8 Å². The molecule has 0 aliphatic carbocycles. The molecule has 6 heterocycles. The second-order valence-corrected chi connectivity index (χ2v) is 22.2. The minimum absolute atomic E-state index is 0.0414. The number of alkyl carbamates (subject to hydrolysis) is 2. The Morgan fingerprint density at radius 1 is 0.575 bits per heavy atom. The Morgan fingerprint density at radius 2 is 0.932 bits per heavy atom. The standard InChI is InChI=1S/C42H64N14O16S/c1-39(2,3)67-33(57)45-31(46-34(58)68-40(4,5)6)43-19-17-27-49-51-29(65-27)25-15-13-23-21-53(25)37(61)55(23)71-73(63,64)72-56-24-14-16-26(54(22-24)38(56)62)30-52-50-28(66-30)18-20-44-32(47-35(59)69-41(7,8)9)48-36(60)70-42(10,11)12/h23-26H,13-22H2,1-12H3,(H2,43,45,46,57,58)(H2,44,47,48,59,60)/t23-,24-,25+,26+/m1/s1. The molecular formula is C42H64N14O16S. The third kappa shape index (κ3) is 16.1. The van der Waals surface area contributed by atoms with Crippen molar-refractivity contribution in [3.05, 3.63) is 23.6 Å². The molecule has 31 heteroatoms. The lowest BCUT2D eigenvalue weighted by Crippen LogP contribution is -2.44. The van der Waals surface area contributed by atoms with Crippen LogP contribution in [0.5, 0.6) is 0 Å². The van der Waals surface area contributed by atoms with Crippen molar-refractivity contribution in [3.8, 4) is 0 Å². The van der Waals surface area contributed by atoms with Gasteiger partial charge in [0.25, 0.3) is 0 Å². The van der Waals surface area contributed by atoms with E-state index >= 15 is 0 Å². The molecule has 4 aliphatic rings. The summed E-state index contributed by atoms with van der Waals surface area (Å²) in [6, 6.07) is -4.53. The number of urea groups is 2. The van der Waals surface area contributed by atoms with Crippen LogP contribution in [0.1, 0.15) is 144 Å². The van der Waals surface area contributed by atoms with Gasteiger partial charge in [-0.3, -0.25) is 10.6 Å². The minimum Gasteiger partial charge on any atom is -0.444 e. The molecule has 6 rings (SSSR count). The largest absolute Gasteiger partial charge is 0.444 e. The van der Waals surface area contributed by atoms with Gasteiger partial charge in [-0.1, -0.05) is 0 Å². The Balaban J connectivity index is 1.01. The van der Waals surface area contributed by atoms with E-state index in [4.69, 9.17) is 36.3 Å². The maximum absolute atomic E-state index is 13.7. The van der Waals surface area contributed by atoms with Crippen LogP contribution in [-0.2, 0) is 50.8 Å². The molecule has 4 bridgehead atoms. The number of ether oxygens (including phenoxy) is 4. The van der Waals surface area contributed by atoms with Crippen LogP contribution in [-0.4, -0.2) is 158 Å². The van der Waals surface area contributed by atoms with E-state index in [0.29, 0.717) is 23.0 Å². The van der Waals surface area contributed by atoms with Gasteiger partial charge in [-0.2, -0.15) is 18.5 Å². The summed E-state index contributed by atoms with van der Waals surface area (Å²) < 4.78 is 70.0. The summed E-state index contributed by atoms with van der Waals surface area (Å²) in [6.45, 7) is 20.1. The van der Waals surface area contributed by atoms with Crippen LogP contribution in [0.25, 0.3) is 0 Å². The average molecular weight is 1050 g/mol. The summed E-state index contributed by atoms with van der Waals surface area (Å²) in [5, 5.41) is 28.2. The minimum atomic E-state index is -5.05. The van der Waals surface area contributed by atoms with Gasteiger partial charge in [0.2, 0.25) is 35.5 Å². The lowest BCUT2D eigenvalue weighted by atomic mass is 10.0. The van der Waals surface area contributed by atoms with Crippen LogP contribution in [0.2, 0.25) is 0 Å². The fourth-order valence-corrected chi connectivity index (χ4v) is 8.33. The van der Waals surface area contributed by atoms with Crippen molar-refractivity contribution in [2.24, 2.45) is 9.98 Å². The normalized spacial score (nSPS) is 20.8. The van der Waals surface area contributed by atoms with E-state index in [0.717, 1.165) is 0 Å². The van der Waals surface area contributed by atoms with Crippen molar-refractivity contribution in [1.82, 2.24) is 61.6 Å². The number of hydrogen-bond acceptors (Lipinski definition) is 20. The molecule has 0 unspecified atom stereocenters. The van der Waals surface area contributed by atoms with Gasteiger partial charge in [0.05, 0.1) is 12.1 Å². The average Bonchev–Trinajstić information content (AvgIpc) is 4.00. The first kappa shape index (κ1) is 55.4. The molecule has 404 valence electrons. The van der Waals surface area contributed by atoms with Crippen molar-refractivity contribution >= 4 is 58.8 Å². The summed E-state index contributed by atoms with van der Waals surface area (Å²) in [5.41, 5.74) is -3.37. The van der Waals surface area contributed by atoms with Crippen molar-refractivity contribution in [1.29, 1.82) is 0 Å². The van der Waals surface area contributed by atoms with Gasteiger partial charge in [0.1, 0.15) is 34.5 Å². The number of aromatic nitrogens is 4. The summed E-state index contributed by atoms with van der Waals surface area (Å²) in [4.78, 5) is 87.3. The summed E-state index contributed by atoms with van der Waals surface area (Å²) in [7, 11) is -5.05. The highest BCUT2D eigenvalue weighted by molar-refractivity contribution is 7.81. The molecule has 0 spiro atoms. The highest BCUT2D eigenvalue weighted by atomic mass is 32.3. The first-order valence-electron chi connectivity index (χ1n) is 23.4. The van der Waals surface area contributed by atoms with Crippen LogP contribution in [0.3, 0.4) is 0 Å². The number of hydrogen-bond donors (Lipinski definition) is 4. The number of carbonyl (C=O) groups is 6. The molecule has 0 aromatic carbocycles. The first-order valence-corrected chi connectivity index (χ1v) is 24.7. The Bertz CT molecular complexity index is 2390. The summed E-state index contributed by atoms with van der Waals surface area (Å²) in [6.07, 6.45) is -2.36. The number of rotatable bonds is 12. The third-order valence-electron chi connectivity index (χ3n) is 10.2. The quantitative estimate of drug-likeness (QED) is 0.132. The molecule has 8 amide bonds. The van der Waals surface area contributed by atoms with Crippen molar-refractivity contribution < 1.29 is 73.5 Å². The summed E-state index contributed by atoms with van der Waals surface area (Å²) in [5.74, 6) is -0.0796. The van der Waals surface area contributed by atoms with Crippen LogP contribution in [0.4, 0.5) is 28.8 Å². The van der Waals surface area contributed by atoms with Crippen molar-refractivity contribution in [3.63, 3.8) is 0 Å². The SMILES string of the molecule is CC(C)(C)OC(=O)/N=C(\NCCc1nnc([C@@H]2CC[C@@H]3CN2C(=O)N3OS(=O)(=O)ON2C(=O)N3C[C@H]2CC[C@H]3c2nnc(CCN/C(=N\C(=O)OC(C)(C)C)NC(=O)OC(C)(C)C)o2)o1)NC(=O)OC(C)(C)C. The fourth-order valence-electron chi connectivity index (χ4n) is 7.54. The van der Waals surface area contributed by atoms with Gasteiger partial charge in [0, 0.05) is 39.0 Å². The zero-order chi connectivity index (χ0) is 53.8. The lowest BCUT2D eigenvalue weighted by Gasteiger charge is -2.27. The van der Waals surface area contributed by atoms with Crippen LogP contribution in [0, 0.1) is 0 Å². The Labute approximate surface area is 420 Å². The van der Waals surface area contributed by atoms with E-state index in [2.05, 4.69) is 51.6 Å². The van der Waals surface area contributed by atoms with E-state index in [1.165, 1.54) is 9.80 Å². The highest BCUT2D eigenvalue weighted by Crippen LogP contribution is 2.41. The highest BCUT2D eigenvalue weighted by Gasteiger charge is 2.52. The van der Waals surface area contributed by atoms with Gasteiger partial charge in [-0.05, 0) is 109 Å².